The smallest absolute Gasteiger partial charge is 0.338 e. The summed E-state index contributed by atoms with van der Waals surface area (Å²) >= 11 is 0. The number of carbonyl (C=O) groups is 2. The molecule has 152 valence electrons. The van der Waals surface area contributed by atoms with Gasteiger partial charge < -0.3 is 24.8 Å². The van der Waals surface area contributed by atoms with E-state index < -0.39 is 23.4 Å². The number of carbonyl (C=O) groups excluding carboxylic acids is 2. The van der Waals surface area contributed by atoms with Crippen LogP contribution < -0.4 is 20.1 Å². The highest BCUT2D eigenvalue weighted by atomic mass is 16.6. The van der Waals surface area contributed by atoms with Gasteiger partial charge in [0.25, 0.3) is 11.6 Å². The van der Waals surface area contributed by atoms with Crippen LogP contribution in [0.3, 0.4) is 0 Å². The van der Waals surface area contributed by atoms with E-state index in [0.29, 0.717) is 36.9 Å². The third kappa shape index (κ3) is 5.58. The molecule has 0 unspecified atom stereocenters. The molecule has 2 N–H and O–H groups in total. The molecule has 3 rings (SSSR count). The van der Waals surface area contributed by atoms with Crippen molar-refractivity contribution in [3.05, 3.63) is 58.1 Å². The van der Waals surface area contributed by atoms with Gasteiger partial charge in [0.05, 0.1) is 10.5 Å². The summed E-state index contributed by atoms with van der Waals surface area (Å²) in [5, 5.41) is 16.2. The quantitative estimate of drug-likeness (QED) is 0.296. The van der Waals surface area contributed by atoms with Crippen LogP contribution in [-0.2, 0) is 9.53 Å². The SMILES string of the molecule is O=C(COC(=O)c1ccc2c(c1)OCCO2)NCCNc1ccc([N+](=O)[O-])cc1. The second kappa shape index (κ2) is 9.40. The Morgan fingerprint density at radius 1 is 1.03 bits per heavy atom. The van der Waals surface area contributed by atoms with Gasteiger partial charge in [-0.05, 0) is 30.3 Å². The second-order valence-corrected chi connectivity index (χ2v) is 6.02. The fourth-order valence-electron chi connectivity index (χ4n) is 2.55. The van der Waals surface area contributed by atoms with Gasteiger partial charge in [-0.3, -0.25) is 14.9 Å². The molecule has 0 aromatic heterocycles. The molecule has 0 atom stereocenters. The minimum atomic E-state index is -0.638. The summed E-state index contributed by atoms with van der Waals surface area (Å²) in [6.45, 7) is 1.14. The first-order valence-electron chi connectivity index (χ1n) is 8.85. The Morgan fingerprint density at radius 2 is 1.76 bits per heavy atom. The zero-order chi connectivity index (χ0) is 20.6. The van der Waals surface area contributed by atoms with Crippen molar-refractivity contribution in [2.75, 3.05) is 38.2 Å². The number of nitrogens with zero attached hydrogens (tertiary/aromatic N) is 1. The molecule has 2 aromatic carbocycles. The Labute approximate surface area is 165 Å². The lowest BCUT2D eigenvalue weighted by Gasteiger charge is -2.18. The van der Waals surface area contributed by atoms with Crippen LogP contribution in [-0.4, -0.2) is 49.7 Å². The van der Waals surface area contributed by atoms with Crippen molar-refractivity contribution in [1.29, 1.82) is 0 Å². The average molecular weight is 401 g/mol. The highest BCUT2D eigenvalue weighted by Crippen LogP contribution is 2.30. The predicted molar refractivity (Wildman–Crippen MR) is 102 cm³/mol. The van der Waals surface area contributed by atoms with E-state index in [9.17, 15) is 19.7 Å². The van der Waals surface area contributed by atoms with Gasteiger partial charge in [0, 0.05) is 30.9 Å². The van der Waals surface area contributed by atoms with Gasteiger partial charge in [-0.1, -0.05) is 0 Å². The molecular weight excluding hydrogens is 382 g/mol. The largest absolute Gasteiger partial charge is 0.486 e. The van der Waals surface area contributed by atoms with Gasteiger partial charge in [0.15, 0.2) is 18.1 Å². The zero-order valence-electron chi connectivity index (χ0n) is 15.4. The van der Waals surface area contributed by atoms with Gasteiger partial charge in [-0.25, -0.2) is 4.79 Å². The van der Waals surface area contributed by atoms with Gasteiger partial charge in [-0.2, -0.15) is 0 Å². The van der Waals surface area contributed by atoms with Crippen molar-refractivity contribution >= 4 is 23.3 Å². The van der Waals surface area contributed by atoms with Crippen molar-refractivity contribution in [2.24, 2.45) is 0 Å². The number of non-ortho nitro benzene ring substituents is 1. The topological polar surface area (TPSA) is 129 Å². The van der Waals surface area contributed by atoms with Crippen LogP contribution >= 0.6 is 0 Å². The van der Waals surface area contributed by atoms with Crippen molar-refractivity contribution in [1.82, 2.24) is 5.32 Å². The summed E-state index contributed by atoms with van der Waals surface area (Å²) < 4.78 is 15.8. The molecule has 1 amide bonds. The lowest BCUT2D eigenvalue weighted by atomic mass is 10.2. The van der Waals surface area contributed by atoms with E-state index in [-0.39, 0.29) is 17.8 Å². The first-order chi connectivity index (χ1) is 14.0. The number of esters is 1. The van der Waals surface area contributed by atoms with Crippen molar-refractivity contribution in [3.8, 4) is 11.5 Å². The van der Waals surface area contributed by atoms with Crippen LogP contribution in [0, 0.1) is 10.1 Å². The number of fused-ring (bicyclic) bond motifs is 1. The number of hydrogen-bond donors (Lipinski definition) is 2. The highest BCUT2D eigenvalue weighted by Gasteiger charge is 2.16. The minimum absolute atomic E-state index is 0.00341. The lowest BCUT2D eigenvalue weighted by Crippen LogP contribution is -2.32. The van der Waals surface area contributed by atoms with Crippen molar-refractivity contribution in [3.63, 3.8) is 0 Å². The maximum absolute atomic E-state index is 12.1. The highest BCUT2D eigenvalue weighted by molar-refractivity contribution is 5.92. The predicted octanol–water partition coefficient (Wildman–Crippen LogP) is 1.75. The molecule has 10 heteroatoms. The Bertz CT molecular complexity index is 899. The fraction of sp³-hybridized carbons (Fsp3) is 0.263. The number of benzene rings is 2. The molecule has 0 bridgehead atoms. The third-order valence-electron chi connectivity index (χ3n) is 3.97. The molecule has 10 nitrogen and oxygen atoms in total. The van der Waals surface area contributed by atoms with Crippen LogP contribution in [0.2, 0.25) is 0 Å². The van der Waals surface area contributed by atoms with Gasteiger partial charge in [-0.15, -0.1) is 0 Å². The van der Waals surface area contributed by atoms with Crippen molar-refractivity contribution < 1.29 is 28.7 Å². The van der Waals surface area contributed by atoms with Crippen LogP contribution in [0.5, 0.6) is 11.5 Å². The van der Waals surface area contributed by atoms with Gasteiger partial charge in [0.2, 0.25) is 0 Å². The standard InChI is InChI=1S/C19H19N3O7/c23-18(21-8-7-20-14-2-4-15(5-3-14)22(25)26)12-29-19(24)13-1-6-16-17(11-13)28-10-9-27-16/h1-6,11,20H,7-10,12H2,(H,21,23). The number of anilines is 1. The average Bonchev–Trinajstić information content (AvgIpc) is 2.75. The molecule has 0 saturated carbocycles. The maximum Gasteiger partial charge on any atom is 0.338 e. The Morgan fingerprint density at radius 3 is 2.48 bits per heavy atom. The maximum atomic E-state index is 12.1. The summed E-state index contributed by atoms with van der Waals surface area (Å²) in [5.41, 5.74) is 0.959. The zero-order valence-corrected chi connectivity index (χ0v) is 15.4. The van der Waals surface area contributed by atoms with E-state index in [1.165, 1.54) is 18.2 Å². The van der Waals surface area contributed by atoms with Crippen LogP contribution in [0.15, 0.2) is 42.5 Å². The van der Waals surface area contributed by atoms with Crippen molar-refractivity contribution in [2.45, 2.75) is 0 Å². The Kier molecular flexibility index (Phi) is 6.46. The number of nitro groups is 1. The fourth-order valence-corrected chi connectivity index (χ4v) is 2.55. The molecular formula is C19H19N3O7. The number of ether oxygens (including phenoxy) is 3. The minimum Gasteiger partial charge on any atom is -0.486 e. The second-order valence-electron chi connectivity index (χ2n) is 6.02. The van der Waals surface area contributed by atoms with E-state index in [1.807, 2.05) is 0 Å². The van der Waals surface area contributed by atoms with E-state index in [2.05, 4.69) is 10.6 Å². The summed E-state index contributed by atoms with van der Waals surface area (Å²) in [7, 11) is 0. The van der Waals surface area contributed by atoms with Gasteiger partial charge >= 0.3 is 5.97 Å². The van der Waals surface area contributed by atoms with E-state index in [0.717, 1.165) is 0 Å². The molecule has 2 aromatic rings. The first-order valence-corrected chi connectivity index (χ1v) is 8.85. The number of amides is 1. The number of nitro benzene ring substituents is 1. The van der Waals surface area contributed by atoms with E-state index in [4.69, 9.17) is 14.2 Å². The van der Waals surface area contributed by atoms with E-state index in [1.54, 1.807) is 24.3 Å². The number of hydrogen-bond acceptors (Lipinski definition) is 8. The lowest BCUT2D eigenvalue weighted by molar-refractivity contribution is -0.384. The van der Waals surface area contributed by atoms with Crippen LogP contribution in [0.4, 0.5) is 11.4 Å². The number of rotatable bonds is 8. The normalized spacial score (nSPS) is 12.0. The van der Waals surface area contributed by atoms with Gasteiger partial charge in [0.1, 0.15) is 13.2 Å². The molecule has 1 aliphatic heterocycles. The summed E-state index contributed by atoms with van der Waals surface area (Å²) in [6.07, 6.45) is 0. The summed E-state index contributed by atoms with van der Waals surface area (Å²) in [6, 6.07) is 10.6. The third-order valence-corrected chi connectivity index (χ3v) is 3.97. The molecule has 0 fully saturated rings. The summed E-state index contributed by atoms with van der Waals surface area (Å²) in [5.74, 6) is -0.0546. The monoisotopic (exact) mass is 401 g/mol. The van der Waals surface area contributed by atoms with Crippen LogP contribution in [0.1, 0.15) is 10.4 Å². The Balaban J connectivity index is 1.36. The molecule has 0 saturated heterocycles. The van der Waals surface area contributed by atoms with E-state index >= 15 is 0 Å². The number of nitrogens with one attached hydrogen (secondary N) is 2. The summed E-state index contributed by atoms with van der Waals surface area (Å²) in [4.78, 5) is 34.0. The first kappa shape index (κ1) is 19.9. The molecule has 1 aliphatic rings. The molecule has 0 spiro atoms. The molecule has 1 heterocycles. The Hall–Kier alpha value is -3.82. The van der Waals surface area contributed by atoms with Crippen LogP contribution in [0.25, 0.3) is 0 Å². The molecule has 29 heavy (non-hydrogen) atoms. The molecule has 0 aliphatic carbocycles. The molecule has 0 radical (unpaired) electrons.